The number of urea groups is 1. The molecule has 14 heteroatoms. The van der Waals surface area contributed by atoms with Crippen molar-refractivity contribution in [1.82, 2.24) is 9.47 Å². The van der Waals surface area contributed by atoms with E-state index >= 15 is 0 Å². The molecule has 208 valence electrons. The van der Waals surface area contributed by atoms with E-state index in [1.54, 1.807) is 42.5 Å². The van der Waals surface area contributed by atoms with Crippen LogP contribution < -0.4 is 30.1 Å². The second-order valence-corrected chi connectivity index (χ2v) is 11.0. The van der Waals surface area contributed by atoms with E-state index < -0.39 is 45.7 Å². The number of ether oxygens (including phenoxy) is 3. The molecule has 1 saturated heterocycles. The number of aromatic nitrogens is 1. The Hall–Kier alpha value is -4.30. The van der Waals surface area contributed by atoms with Crippen LogP contribution in [0.2, 0.25) is 0 Å². The second-order valence-electron chi connectivity index (χ2n) is 8.91. The number of rotatable bonds is 7. The van der Waals surface area contributed by atoms with Crippen LogP contribution in [-0.2, 0) is 20.9 Å². The topological polar surface area (TPSA) is 159 Å². The molecular formula is C26H24N4O8S2. The molecule has 0 aliphatic carbocycles. The van der Waals surface area contributed by atoms with Crippen LogP contribution in [0.1, 0.15) is 16.4 Å². The average molecular weight is 585 g/mol. The first-order chi connectivity index (χ1) is 19.2. The first kappa shape index (κ1) is 27.3. The minimum atomic E-state index is -1.17. The minimum Gasteiger partial charge on any atom is -0.497 e. The molecular weight excluding hydrogens is 560 g/mol. The molecule has 3 N–H and O–H groups in total. The van der Waals surface area contributed by atoms with Crippen molar-refractivity contribution >= 4 is 52.5 Å². The Morgan fingerprint density at radius 2 is 1.65 bits per heavy atom. The van der Waals surface area contributed by atoms with Gasteiger partial charge in [0.2, 0.25) is 11.8 Å². The van der Waals surface area contributed by atoms with E-state index in [0.29, 0.717) is 43.3 Å². The van der Waals surface area contributed by atoms with E-state index in [1.165, 1.54) is 25.9 Å². The van der Waals surface area contributed by atoms with Crippen LogP contribution in [0.4, 0.5) is 10.5 Å². The predicted molar refractivity (Wildman–Crippen MR) is 146 cm³/mol. The van der Waals surface area contributed by atoms with E-state index in [0.717, 1.165) is 23.1 Å². The molecule has 0 saturated carbocycles. The summed E-state index contributed by atoms with van der Waals surface area (Å²) in [6.45, 7) is -0.332. The molecule has 2 aliphatic heterocycles. The van der Waals surface area contributed by atoms with E-state index in [1.807, 2.05) is 0 Å². The van der Waals surface area contributed by atoms with Crippen LogP contribution in [0, 0.1) is 5.92 Å². The lowest BCUT2D eigenvalue weighted by Crippen LogP contribution is -2.41. The van der Waals surface area contributed by atoms with Gasteiger partial charge in [-0.2, -0.15) is 4.90 Å². The van der Waals surface area contributed by atoms with E-state index in [9.17, 15) is 24.0 Å². The van der Waals surface area contributed by atoms with Crippen molar-refractivity contribution < 1.29 is 33.4 Å². The molecule has 0 bridgehead atoms. The van der Waals surface area contributed by atoms with Crippen molar-refractivity contribution in [3.63, 3.8) is 0 Å². The number of imide groups is 3. The number of fused-ring (bicyclic) bond motifs is 2. The van der Waals surface area contributed by atoms with E-state index in [4.69, 9.17) is 19.9 Å². The molecule has 40 heavy (non-hydrogen) atoms. The number of carbonyl (C=O) groups is 4. The lowest BCUT2D eigenvalue weighted by Gasteiger charge is -2.31. The summed E-state index contributed by atoms with van der Waals surface area (Å²) in [5.74, 6) is -2.32. The number of thiazole rings is 1. The monoisotopic (exact) mass is 584 g/mol. The van der Waals surface area contributed by atoms with Crippen molar-refractivity contribution in [1.29, 1.82) is 0 Å². The Balaban J connectivity index is 1.56. The van der Waals surface area contributed by atoms with Gasteiger partial charge in [0.25, 0.3) is 5.91 Å². The molecule has 3 unspecified atom stereocenters. The van der Waals surface area contributed by atoms with Crippen molar-refractivity contribution in [3.8, 4) is 17.2 Å². The van der Waals surface area contributed by atoms with Crippen LogP contribution in [0.3, 0.4) is 0 Å². The molecule has 3 atom stereocenters. The van der Waals surface area contributed by atoms with E-state index in [-0.39, 0.29) is 6.54 Å². The predicted octanol–water partition coefficient (Wildman–Crippen LogP) is 2.24. The summed E-state index contributed by atoms with van der Waals surface area (Å²) in [6, 6.07) is 10.5. The van der Waals surface area contributed by atoms with Gasteiger partial charge in [-0.1, -0.05) is 29.2 Å². The highest BCUT2D eigenvalue weighted by Gasteiger charge is 2.58. The standard InChI is InChI=1S/C26H24N4O8S2/c1-36-14-7-5-13(6-8-14)28-17(31)11-29-24-21(40-26(29)35)18(12-4-9-15(37-2)16(10-12)38-3)19-20(39-24)23(33)30(22(19)32)25(27)34/h4-10,18-20H,11H2,1-3H3,(H2,27,34)(H,28,31). The van der Waals surface area contributed by atoms with Gasteiger partial charge in [-0.3, -0.25) is 23.7 Å². The highest BCUT2D eigenvalue weighted by atomic mass is 32.2. The van der Waals surface area contributed by atoms with E-state index in [2.05, 4.69) is 5.32 Å². The van der Waals surface area contributed by atoms with Crippen LogP contribution in [0.25, 0.3) is 0 Å². The van der Waals surface area contributed by atoms with Crippen molar-refractivity contribution in [3.05, 3.63) is 62.6 Å². The van der Waals surface area contributed by atoms with Crippen LogP contribution in [0.15, 0.2) is 52.3 Å². The van der Waals surface area contributed by atoms with Crippen molar-refractivity contribution in [2.24, 2.45) is 11.7 Å². The number of anilines is 1. The number of likely N-dealkylation sites (tertiary alicyclic amines) is 1. The molecule has 5 rings (SSSR count). The van der Waals surface area contributed by atoms with Gasteiger partial charge in [0.05, 0.1) is 32.3 Å². The highest BCUT2D eigenvalue weighted by molar-refractivity contribution is 8.00. The van der Waals surface area contributed by atoms with Gasteiger partial charge in [-0.25, -0.2) is 4.79 Å². The number of nitrogens with zero attached hydrogens (tertiary/aromatic N) is 2. The summed E-state index contributed by atoms with van der Waals surface area (Å²) in [7, 11) is 4.47. The van der Waals surface area contributed by atoms with Gasteiger partial charge in [0.1, 0.15) is 17.5 Å². The third kappa shape index (κ3) is 4.58. The fourth-order valence-electron chi connectivity index (χ4n) is 4.90. The molecule has 3 heterocycles. The zero-order valence-corrected chi connectivity index (χ0v) is 23.2. The molecule has 3 aromatic rings. The molecule has 1 fully saturated rings. The quantitative estimate of drug-likeness (QED) is 0.397. The maximum Gasteiger partial charge on any atom is 0.328 e. The molecule has 5 amide bonds. The summed E-state index contributed by atoms with van der Waals surface area (Å²) in [5.41, 5.74) is 6.45. The summed E-state index contributed by atoms with van der Waals surface area (Å²) < 4.78 is 17.2. The first-order valence-electron chi connectivity index (χ1n) is 11.9. The molecule has 0 radical (unpaired) electrons. The molecule has 2 aliphatic rings. The number of benzene rings is 2. The maximum absolute atomic E-state index is 13.4. The number of hydrogen-bond donors (Lipinski definition) is 2. The molecule has 0 spiro atoms. The Morgan fingerprint density at radius 1 is 0.950 bits per heavy atom. The maximum atomic E-state index is 13.4. The fraction of sp³-hybridized carbons (Fsp3) is 0.269. The third-order valence-electron chi connectivity index (χ3n) is 6.71. The number of thioether (sulfide) groups is 1. The SMILES string of the molecule is COc1ccc(NC(=O)Cn2c3c(sc2=O)C(c2ccc(OC)c(OC)c2)C2C(=O)N(C(N)=O)C(=O)C2S3)cc1. The van der Waals surface area contributed by atoms with Gasteiger partial charge in [0.15, 0.2) is 11.5 Å². The second kappa shape index (κ2) is 10.7. The normalized spacial score (nSPS) is 19.6. The number of nitrogens with two attached hydrogens (primary N) is 1. The van der Waals surface area contributed by atoms with Gasteiger partial charge < -0.3 is 25.3 Å². The van der Waals surface area contributed by atoms with Crippen LogP contribution in [-0.4, -0.2) is 59.8 Å². The van der Waals surface area contributed by atoms with Crippen LogP contribution >= 0.6 is 23.1 Å². The Bertz CT molecular complexity index is 1580. The largest absolute Gasteiger partial charge is 0.497 e. The van der Waals surface area contributed by atoms with Crippen molar-refractivity contribution in [2.75, 3.05) is 26.6 Å². The Morgan fingerprint density at radius 3 is 2.27 bits per heavy atom. The summed E-state index contributed by atoms with van der Waals surface area (Å²) >= 11 is 1.86. The average Bonchev–Trinajstić information content (AvgIpc) is 3.39. The van der Waals surface area contributed by atoms with Crippen LogP contribution in [0.5, 0.6) is 17.2 Å². The zero-order valence-electron chi connectivity index (χ0n) is 21.5. The summed E-state index contributed by atoms with van der Waals surface area (Å²) in [4.78, 5) is 65.2. The lowest BCUT2D eigenvalue weighted by atomic mass is 9.83. The summed E-state index contributed by atoms with van der Waals surface area (Å²) in [6.07, 6.45) is 0. The van der Waals surface area contributed by atoms with Gasteiger partial charge in [-0.05, 0) is 42.0 Å². The number of hydrogen-bond acceptors (Lipinski definition) is 10. The Labute approximate surface area is 236 Å². The fourth-order valence-corrected chi connectivity index (χ4v) is 7.67. The number of carbonyl (C=O) groups excluding carboxylic acids is 4. The lowest BCUT2D eigenvalue weighted by molar-refractivity contribution is -0.135. The zero-order chi connectivity index (χ0) is 28.7. The smallest absolute Gasteiger partial charge is 0.328 e. The Kier molecular flexibility index (Phi) is 7.29. The molecule has 1 aromatic heterocycles. The number of methoxy groups -OCH3 is 3. The van der Waals surface area contributed by atoms with Gasteiger partial charge in [0, 0.05) is 16.5 Å². The third-order valence-corrected chi connectivity index (χ3v) is 9.32. The van der Waals surface area contributed by atoms with Gasteiger partial charge in [-0.15, -0.1) is 0 Å². The first-order valence-corrected chi connectivity index (χ1v) is 13.6. The number of amides is 5. The number of primary amides is 1. The minimum absolute atomic E-state index is 0.332. The molecule has 2 aromatic carbocycles. The van der Waals surface area contributed by atoms with Crippen molar-refractivity contribution in [2.45, 2.75) is 22.7 Å². The molecule has 12 nitrogen and oxygen atoms in total. The van der Waals surface area contributed by atoms with Gasteiger partial charge >= 0.3 is 10.9 Å². The number of nitrogens with one attached hydrogen (secondary N) is 1. The summed E-state index contributed by atoms with van der Waals surface area (Å²) in [5, 5.41) is 2.08. The highest BCUT2D eigenvalue weighted by Crippen LogP contribution is 2.54.